The number of fused-ring (bicyclic) bond motifs is 3. The predicted molar refractivity (Wildman–Crippen MR) is 118 cm³/mol. The van der Waals surface area contributed by atoms with Crippen LogP contribution in [0.15, 0.2) is 48.5 Å². The zero-order chi connectivity index (χ0) is 23.1. The maximum Gasteiger partial charge on any atom is 0.407 e. The predicted octanol–water partition coefficient (Wildman–Crippen LogP) is 2.77. The highest BCUT2D eigenvalue weighted by atomic mass is 16.5. The fourth-order valence-electron chi connectivity index (χ4n) is 3.74. The lowest BCUT2D eigenvalue weighted by molar-refractivity contribution is -0.142. The molecule has 3 N–H and O–H groups in total. The molecule has 2 amide bonds. The van der Waals surface area contributed by atoms with E-state index in [1.165, 1.54) is 0 Å². The van der Waals surface area contributed by atoms with Crippen LogP contribution in [0.2, 0.25) is 0 Å². The van der Waals surface area contributed by atoms with Crippen molar-refractivity contribution in [1.82, 2.24) is 10.6 Å². The van der Waals surface area contributed by atoms with Gasteiger partial charge in [0.15, 0.2) is 0 Å². The van der Waals surface area contributed by atoms with Gasteiger partial charge in [-0.15, -0.1) is 0 Å². The van der Waals surface area contributed by atoms with E-state index in [1.807, 2.05) is 24.3 Å². The number of carbonyl (C=O) groups excluding carboxylic acids is 2. The van der Waals surface area contributed by atoms with Crippen molar-refractivity contribution >= 4 is 18.0 Å². The molecule has 8 heteroatoms. The van der Waals surface area contributed by atoms with Gasteiger partial charge in [-0.1, -0.05) is 55.5 Å². The van der Waals surface area contributed by atoms with Gasteiger partial charge in [0.1, 0.15) is 13.2 Å². The molecule has 2 atom stereocenters. The number of amides is 2. The molecule has 32 heavy (non-hydrogen) atoms. The van der Waals surface area contributed by atoms with E-state index in [9.17, 15) is 14.4 Å². The van der Waals surface area contributed by atoms with E-state index < -0.39 is 30.6 Å². The minimum absolute atomic E-state index is 0.0324. The number of hydrogen-bond donors (Lipinski definition) is 3. The van der Waals surface area contributed by atoms with Gasteiger partial charge in [-0.2, -0.15) is 0 Å². The van der Waals surface area contributed by atoms with Crippen LogP contribution in [0, 0.1) is 5.92 Å². The van der Waals surface area contributed by atoms with Crippen LogP contribution < -0.4 is 10.6 Å². The Bertz CT molecular complexity index is 931. The van der Waals surface area contributed by atoms with Crippen LogP contribution in [0.5, 0.6) is 0 Å². The van der Waals surface area contributed by atoms with Gasteiger partial charge in [0.2, 0.25) is 5.91 Å². The molecule has 0 fully saturated rings. The Morgan fingerprint density at radius 2 is 1.59 bits per heavy atom. The number of ether oxygens (including phenoxy) is 2. The van der Waals surface area contributed by atoms with Gasteiger partial charge < -0.3 is 25.2 Å². The van der Waals surface area contributed by atoms with Gasteiger partial charge in [-0.05, 0) is 29.2 Å². The summed E-state index contributed by atoms with van der Waals surface area (Å²) < 4.78 is 10.4. The van der Waals surface area contributed by atoms with Crippen LogP contribution in [0.3, 0.4) is 0 Å². The standard InChI is InChI=1S/C24H28N2O6/c1-15(23(29)25-11-12-31-14-22(27)28)16(2)26-24(30)32-13-21-19-9-5-3-7-17(19)18-8-4-6-10-20(18)21/h3-10,15-16,21H,11-14H2,1-2H3,(H,25,29)(H,26,30)(H,27,28). The Hall–Kier alpha value is -3.39. The third kappa shape index (κ3) is 5.64. The molecule has 0 spiro atoms. The molecule has 2 unspecified atom stereocenters. The second-order valence-electron chi connectivity index (χ2n) is 7.78. The average molecular weight is 440 g/mol. The van der Waals surface area contributed by atoms with E-state index >= 15 is 0 Å². The molecule has 0 saturated carbocycles. The topological polar surface area (TPSA) is 114 Å². The first kappa shape index (κ1) is 23.3. The summed E-state index contributed by atoms with van der Waals surface area (Å²) in [7, 11) is 0. The van der Waals surface area contributed by atoms with Gasteiger partial charge in [0.05, 0.1) is 12.5 Å². The monoisotopic (exact) mass is 440 g/mol. The van der Waals surface area contributed by atoms with Crippen LogP contribution in [0.25, 0.3) is 11.1 Å². The number of benzene rings is 2. The zero-order valence-electron chi connectivity index (χ0n) is 18.2. The van der Waals surface area contributed by atoms with Crippen LogP contribution >= 0.6 is 0 Å². The Morgan fingerprint density at radius 1 is 1.00 bits per heavy atom. The lowest BCUT2D eigenvalue weighted by Crippen LogP contribution is -2.45. The molecule has 1 aliphatic rings. The molecular weight excluding hydrogens is 412 g/mol. The van der Waals surface area contributed by atoms with Crippen molar-refractivity contribution in [3.63, 3.8) is 0 Å². The van der Waals surface area contributed by atoms with Crippen LogP contribution in [-0.4, -0.2) is 55.5 Å². The molecule has 2 aromatic carbocycles. The number of nitrogens with one attached hydrogen (secondary N) is 2. The third-order valence-corrected chi connectivity index (χ3v) is 5.62. The van der Waals surface area contributed by atoms with Crippen molar-refractivity contribution < 1.29 is 29.0 Å². The van der Waals surface area contributed by atoms with Crippen molar-refractivity contribution in [2.24, 2.45) is 5.92 Å². The maximum atomic E-state index is 12.4. The average Bonchev–Trinajstić information content (AvgIpc) is 3.10. The summed E-state index contributed by atoms with van der Waals surface area (Å²) in [5.74, 6) is -1.87. The lowest BCUT2D eigenvalue weighted by Gasteiger charge is -2.21. The molecular formula is C24H28N2O6. The van der Waals surface area contributed by atoms with E-state index in [0.29, 0.717) is 0 Å². The summed E-state index contributed by atoms with van der Waals surface area (Å²) in [5, 5.41) is 13.9. The maximum absolute atomic E-state index is 12.4. The van der Waals surface area contributed by atoms with Gasteiger partial charge in [-0.25, -0.2) is 9.59 Å². The lowest BCUT2D eigenvalue weighted by atomic mass is 9.98. The van der Waals surface area contributed by atoms with Gasteiger partial charge in [0, 0.05) is 18.5 Å². The summed E-state index contributed by atoms with van der Waals surface area (Å²) >= 11 is 0. The fraction of sp³-hybridized carbons (Fsp3) is 0.375. The highest BCUT2D eigenvalue weighted by Gasteiger charge is 2.29. The third-order valence-electron chi connectivity index (χ3n) is 5.62. The number of aliphatic carboxylic acids is 1. The molecule has 3 rings (SSSR count). The van der Waals surface area contributed by atoms with E-state index in [-0.39, 0.29) is 31.6 Å². The van der Waals surface area contributed by atoms with E-state index in [2.05, 4.69) is 34.9 Å². The first-order valence-corrected chi connectivity index (χ1v) is 10.6. The molecule has 0 aliphatic heterocycles. The smallest absolute Gasteiger partial charge is 0.407 e. The van der Waals surface area contributed by atoms with Crippen LogP contribution in [-0.2, 0) is 19.1 Å². The van der Waals surface area contributed by atoms with E-state index in [1.54, 1.807) is 13.8 Å². The molecule has 8 nitrogen and oxygen atoms in total. The molecule has 0 heterocycles. The van der Waals surface area contributed by atoms with Gasteiger partial charge in [0.25, 0.3) is 0 Å². The summed E-state index contributed by atoms with van der Waals surface area (Å²) in [6.07, 6.45) is -0.580. The Kier molecular flexibility index (Phi) is 7.83. The van der Waals surface area contributed by atoms with E-state index in [4.69, 9.17) is 14.6 Å². The summed E-state index contributed by atoms with van der Waals surface area (Å²) in [4.78, 5) is 35.0. The van der Waals surface area contributed by atoms with Crippen molar-refractivity contribution in [1.29, 1.82) is 0 Å². The number of rotatable bonds is 10. The molecule has 1 aliphatic carbocycles. The first-order chi connectivity index (χ1) is 15.4. The quantitative estimate of drug-likeness (QED) is 0.490. The molecule has 0 saturated heterocycles. The highest BCUT2D eigenvalue weighted by Crippen LogP contribution is 2.44. The number of hydrogen-bond acceptors (Lipinski definition) is 5. The second kappa shape index (κ2) is 10.8. The molecule has 170 valence electrons. The minimum Gasteiger partial charge on any atom is -0.480 e. The summed E-state index contributed by atoms with van der Waals surface area (Å²) in [6, 6.07) is 15.8. The largest absolute Gasteiger partial charge is 0.480 e. The highest BCUT2D eigenvalue weighted by molar-refractivity contribution is 5.80. The molecule has 0 bridgehead atoms. The van der Waals surface area contributed by atoms with Crippen molar-refractivity contribution in [3.8, 4) is 11.1 Å². The Labute approximate surface area is 186 Å². The number of carboxylic acid groups (broad SMARTS) is 1. The van der Waals surface area contributed by atoms with Gasteiger partial charge in [-0.3, -0.25) is 4.79 Å². The van der Waals surface area contributed by atoms with Gasteiger partial charge >= 0.3 is 12.1 Å². The zero-order valence-corrected chi connectivity index (χ0v) is 18.2. The SMILES string of the molecule is CC(NC(=O)OCC1c2ccccc2-c2ccccc21)C(C)C(=O)NCCOCC(=O)O. The van der Waals surface area contributed by atoms with Crippen molar-refractivity contribution in [3.05, 3.63) is 59.7 Å². The normalized spacial score (nSPS) is 14.1. The molecule has 2 aromatic rings. The first-order valence-electron chi connectivity index (χ1n) is 10.6. The fourth-order valence-corrected chi connectivity index (χ4v) is 3.74. The number of alkyl carbamates (subject to hydrolysis) is 1. The summed E-state index contributed by atoms with van der Waals surface area (Å²) in [6.45, 7) is 3.50. The van der Waals surface area contributed by atoms with Crippen LogP contribution in [0.1, 0.15) is 30.9 Å². The summed E-state index contributed by atoms with van der Waals surface area (Å²) in [5.41, 5.74) is 4.58. The number of carbonyl (C=O) groups is 3. The molecule has 0 aromatic heterocycles. The molecule has 0 radical (unpaired) electrons. The Balaban J connectivity index is 1.47. The van der Waals surface area contributed by atoms with Crippen molar-refractivity contribution in [2.75, 3.05) is 26.4 Å². The van der Waals surface area contributed by atoms with Crippen LogP contribution in [0.4, 0.5) is 4.79 Å². The van der Waals surface area contributed by atoms with Crippen molar-refractivity contribution in [2.45, 2.75) is 25.8 Å². The minimum atomic E-state index is -1.06. The Morgan fingerprint density at radius 3 is 2.19 bits per heavy atom. The number of carboxylic acids is 1. The second-order valence-corrected chi connectivity index (χ2v) is 7.78. The van der Waals surface area contributed by atoms with E-state index in [0.717, 1.165) is 22.3 Å².